The lowest BCUT2D eigenvalue weighted by Gasteiger charge is -2.26. The summed E-state index contributed by atoms with van der Waals surface area (Å²) in [5.74, 6) is -0.522. The topological polar surface area (TPSA) is 63.7 Å². The summed E-state index contributed by atoms with van der Waals surface area (Å²) in [6, 6.07) is 12.5. The fourth-order valence-electron chi connectivity index (χ4n) is 2.99. The number of hydrogen-bond donors (Lipinski definition) is 0. The summed E-state index contributed by atoms with van der Waals surface area (Å²) in [4.78, 5) is 12.5. The van der Waals surface area contributed by atoms with Crippen LogP contribution in [0.4, 0.5) is 0 Å². The van der Waals surface area contributed by atoms with E-state index < -0.39 is 22.0 Å². The van der Waals surface area contributed by atoms with E-state index in [1.807, 2.05) is 6.07 Å². The van der Waals surface area contributed by atoms with Gasteiger partial charge in [0, 0.05) is 16.0 Å². The van der Waals surface area contributed by atoms with Crippen molar-refractivity contribution < 1.29 is 17.9 Å². The number of carbonyl (C=O) groups excluding carboxylic acids is 1. The molecule has 0 fully saturated rings. The molecule has 1 unspecified atom stereocenters. The van der Waals surface area contributed by atoms with E-state index >= 15 is 0 Å². The average molecular weight is 471 g/mol. The molecular weight excluding hydrogens is 454 g/mol. The molecule has 8 heteroatoms. The number of benzene rings is 2. The van der Waals surface area contributed by atoms with Gasteiger partial charge in [-0.05, 0) is 42.8 Å². The maximum absolute atomic E-state index is 13.3. The van der Waals surface area contributed by atoms with Gasteiger partial charge in [0.25, 0.3) is 0 Å². The summed E-state index contributed by atoms with van der Waals surface area (Å²) < 4.78 is 33.7. The maximum Gasteiger partial charge on any atom is 0.335 e. The number of halogens is 2. The van der Waals surface area contributed by atoms with Gasteiger partial charge in [0.05, 0.1) is 23.1 Å². The van der Waals surface area contributed by atoms with Crippen molar-refractivity contribution in [3.8, 4) is 0 Å². The van der Waals surface area contributed by atoms with E-state index in [9.17, 15) is 13.2 Å². The molecule has 0 N–H and O–H groups in total. The molecule has 1 aliphatic heterocycles. The Hall–Kier alpha value is -1.67. The normalized spacial score (nSPS) is 17.6. The average Bonchev–Trinajstić information content (AvgIpc) is 3.08. The van der Waals surface area contributed by atoms with E-state index in [1.54, 1.807) is 43.3 Å². The predicted octanol–water partition coefficient (Wildman–Crippen LogP) is 4.34. The first-order valence-corrected chi connectivity index (χ1v) is 10.9. The minimum absolute atomic E-state index is 0.0696. The Balaban J connectivity index is 2.08. The van der Waals surface area contributed by atoms with Crippen LogP contribution in [0.2, 0.25) is 5.02 Å². The molecule has 1 heterocycles. The molecule has 1 atom stereocenters. The molecule has 0 aromatic heterocycles. The van der Waals surface area contributed by atoms with Gasteiger partial charge in [0.15, 0.2) is 0 Å². The monoisotopic (exact) mass is 469 g/mol. The van der Waals surface area contributed by atoms with E-state index in [0.29, 0.717) is 16.2 Å². The van der Waals surface area contributed by atoms with Crippen LogP contribution in [-0.2, 0) is 19.6 Å². The molecule has 27 heavy (non-hydrogen) atoms. The van der Waals surface area contributed by atoms with Gasteiger partial charge in [-0.25, -0.2) is 13.2 Å². The van der Waals surface area contributed by atoms with Gasteiger partial charge >= 0.3 is 5.97 Å². The second-order valence-electron chi connectivity index (χ2n) is 5.87. The van der Waals surface area contributed by atoms with E-state index in [0.717, 1.165) is 4.47 Å². The zero-order valence-electron chi connectivity index (χ0n) is 14.4. The molecule has 0 aliphatic carbocycles. The largest absolute Gasteiger partial charge is 0.463 e. The number of sulfonamides is 1. The summed E-state index contributed by atoms with van der Waals surface area (Å²) in [6.07, 6.45) is 1.60. The molecule has 5 nitrogen and oxygen atoms in total. The van der Waals surface area contributed by atoms with Crippen LogP contribution in [0.15, 0.2) is 69.5 Å². The molecule has 2 aromatic carbocycles. The Labute approximate surface area is 171 Å². The van der Waals surface area contributed by atoms with Gasteiger partial charge in [-0.15, -0.1) is 0 Å². The Morgan fingerprint density at radius 3 is 2.67 bits per heavy atom. The smallest absolute Gasteiger partial charge is 0.335 e. The molecule has 0 bridgehead atoms. The second kappa shape index (κ2) is 8.14. The number of hydrogen-bond acceptors (Lipinski definition) is 4. The first-order chi connectivity index (χ1) is 12.8. The van der Waals surface area contributed by atoms with Crippen molar-refractivity contribution in [1.29, 1.82) is 0 Å². The van der Waals surface area contributed by atoms with Crippen molar-refractivity contribution >= 4 is 43.5 Å². The molecular formula is C19H17BrClNO4S. The minimum atomic E-state index is -3.88. The third-order valence-corrected chi connectivity index (χ3v) is 6.71. The highest BCUT2D eigenvalue weighted by Crippen LogP contribution is 2.39. The van der Waals surface area contributed by atoms with Crippen molar-refractivity contribution in [2.45, 2.75) is 17.9 Å². The maximum atomic E-state index is 13.3. The fourth-order valence-corrected chi connectivity index (χ4v) is 5.24. The van der Waals surface area contributed by atoms with Gasteiger partial charge in [0.2, 0.25) is 10.0 Å². The standard InChI is InChI=1S/C19H17BrClNO4S/c1-2-26-19(23)17-9-10-22(18(17)13-5-3-6-14(20)11-13)27(24,25)16-8-4-7-15(21)12-16/h3-9,11-12,18H,2,10H2,1H3. The summed E-state index contributed by atoms with van der Waals surface area (Å²) >= 11 is 9.38. The number of nitrogens with zero attached hydrogens (tertiary/aromatic N) is 1. The van der Waals surface area contributed by atoms with E-state index in [4.69, 9.17) is 16.3 Å². The first kappa shape index (κ1) is 20.1. The van der Waals surface area contributed by atoms with Crippen LogP contribution < -0.4 is 0 Å². The van der Waals surface area contributed by atoms with Crippen molar-refractivity contribution in [2.24, 2.45) is 0 Å². The molecule has 0 spiro atoms. The lowest BCUT2D eigenvalue weighted by molar-refractivity contribution is -0.138. The third-order valence-electron chi connectivity index (χ3n) is 4.15. The highest BCUT2D eigenvalue weighted by Gasteiger charge is 2.41. The zero-order valence-corrected chi connectivity index (χ0v) is 17.6. The van der Waals surface area contributed by atoms with Crippen molar-refractivity contribution in [3.05, 3.63) is 75.2 Å². The minimum Gasteiger partial charge on any atom is -0.463 e. The van der Waals surface area contributed by atoms with Crippen LogP contribution in [0.25, 0.3) is 0 Å². The number of ether oxygens (including phenoxy) is 1. The lowest BCUT2D eigenvalue weighted by atomic mass is 10.0. The van der Waals surface area contributed by atoms with Crippen molar-refractivity contribution in [1.82, 2.24) is 4.31 Å². The van der Waals surface area contributed by atoms with Gasteiger partial charge in [-0.3, -0.25) is 0 Å². The Morgan fingerprint density at radius 2 is 2.00 bits per heavy atom. The quantitative estimate of drug-likeness (QED) is 0.610. The van der Waals surface area contributed by atoms with Crippen LogP contribution >= 0.6 is 27.5 Å². The summed E-state index contributed by atoms with van der Waals surface area (Å²) in [5, 5.41) is 0.327. The fraction of sp³-hybridized carbons (Fsp3) is 0.211. The second-order valence-corrected chi connectivity index (χ2v) is 9.11. The summed E-state index contributed by atoms with van der Waals surface area (Å²) in [7, 11) is -3.88. The Morgan fingerprint density at radius 1 is 1.26 bits per heavy atom. The van der Waals surface area contributed by atoms with Crippen LogP contribution in [0.1, 0.15) is 18.5 Å². The van der Waals surface area contributed by atoms with Crippen LogP contribution in [0, 0.1) is 0 Å². The van der Waals surface area contributed by atoms with Gasteiger partial charge in [0.1, 0.15) is 0 Å². The molecule has 3 rings (SSSR count). The van der Waals surface area contributed by atoms with Crippen molar-refractivity contribution in [2.75, 3.05) is 13.2 Å². The molecule has 2 aromatic rings. The van der Waals surface area contributed by atoms with Crippen LogP contribution in [0.5, 0.6) is 0 Å². The summed E-state index contributed by atoms with van der Waals surface area (Å²) in [6.45, 7) is 1.99. The Kier molecular flexibility index (Phi) is 6.05. The third kappa shape index (κ3) is 4.11. The van der Waals surface area contributed by atoms with Crippen molar-refractivity contribution in [3.63, 3.8) is 0 Å². The lowest BCUT2D eigenvalue weighted by Crippen LogP contribution is -2.33. The van der Waals surface area contributed by atoms with Crippen LogP contribution in [-0.4, -0.2) is 31.8 Å². The van der Waals surface area contributed by atoms with Crippen LogP contribution in [0.3, 0.4) is 0 Å². The Bertz CT molecular complexity index is 1010. The summed E-state index contributed by atoms with van der Waals surface area (Å²) in [5.41, 5.74) is 0.979. The number of esters is 1. The molecule has 0 saturated carbocycles. The predicted molar refractivity (Wildman–Crippen MR) is 107 cm³/mol. The molecule has 0 saturated heterocycles. The van der Waals surface area contributed by atoms with Gasteiger partial charge in [-0.2, -0.15) is 4.31 Å². The van der Waals surface area contributed by atoms with Gasteiger partial charge < -0.3 is 4.74 Å². The van der Waals surface area contributed by atoms with E-state index in [2.05, 4.69) is 15.9 Å². The van der Waals surface area contributed by atoms with E-state index in [-0.39, 0.29) is 18.0 Å². The highest BCUT2D eigenvalue weighted by atomic mass is 79.9. The molecule has 142 valence electrons. The number of carbonyl (C=O) groups is 1. The number of rotatable bonds is 5. The first-order valence-electron chi connectivity index (χ1n) is 8.24. The molecule has 0 radical (unpaired) electrons. The zero-order chi connectivity index (χ0) is 19.6. The van der Waals surface area contributed by atoms with E-state index in [1.165, 1.54) is 16.4 Å². The molecule has 1 aliphatic rings. The molecule has 0 amide bonds. The highest BCUT2D eigenvalue weighted by molar-refractivity contribution is 9.10. The SMILES string of the molecule is CCOC(=O)C1=CCN(S(=O)(=O)c2cccc(Cl)c2)C1c1cccc(Br)c1. The van der Waals surface area contributed by atoms with Gasteiger partial charge in [-0.1, -0.05) is 51.8 Å².